The minimum atomic E-state index is -0.894. The van der Waals surface area contributed by atoms with Gasteiger partial charge in [0, 0.05) is 6.04 Å². The van der Waals surface area contributed by atoms with Gasteiger partial charge in [-0.3, -0.25) is 9.59 Å². The molecule has 2 unspecified atom stereocenters. The number of carboxylic acids is 1. The fourth-order valence-corrected chi connectivity index (χ4v) is 3.60. The number of benzene rings is 1. The van der Waals surface area contributed by atoms with Crippen molar-refractivity contribution >= 4 is 23.6 Å². The molecule has 2 rings (SSSR count). The molecule has 1 N–H and O–H groups in total. The van der Waals surface area contributed by atoms with E-state index in [1.54, 1.807) is 7.11 Å². The summed E-state index contributed by atoms with van der Waals surface area (Å²) >= 11 is 1.14. The summed E-state index contributed by atoms with van der Waals surface area (Å²) in [5, 5.41) is 8.66. The molecule has 0 aromatic heterocycles. The summed E-state index contributed by atoms with van der Waals surface area (Å²) in [5.74, 6) is 0.0837. The maximum absolute atomic E-state index is 12.4. The van der Waals surface area contributed by atoms with E-state index in [1.165, 1.54) is 5.56 Å². The zero-order valence-electron chi connectivity index (χ0n) is 13.0. The molecule has 1 aromatic rings. The number of amides is 1. The van der Waals surface area contributed by atoms with E-state index >= 15 is 0 Å². The van der Waals surface area contributed by atoms with Crippen LogP contribution in [0.3, 0.4) is 0 Å². The zero-order chi connectivity index (χ0) is 16.3. The molecule has 0 bridgehead atoms. The Labute approximate surface area is 134 Å². The van der Waals surface area contributed by atoms with Crippen molar-refractivity contribution in [2.45, 2.75) is 32.4 Å². The summed E-state index contributed by atoms with van der Waals surface area (Å²) in [7, 11) is 1.65. The van der Waals surface area contributed by atoms with E-state index in [2.05, 4.69) is 0 Å². The standard InChI is InChI=1S/C16H21NO4S/c1-10-6-12-7-13(21-3)4-5-14(12)11(2)17(10)15(18)8-22-9-16(19)20/h4-5,7,10-11H,6,8-9H2,1-3H3,(H,19,20). The molecular weight excluding hydrogens is 302 g/mol. The van der Waals surface area contributed by atoms with Crippen LogP contribution in [0.15, 0.2) is 18.2 Å². The van der Waals surface area contributed by atoms with Crippen molar-refractivity contribution in [3.8, 4) is 5.75 Å². The number of thioether (sulfide) groups is 1. The van der Waals surface area contributed by atoms with E-state index in [1.807, 2.05) is 36.9 Å². The van der Waals surface area contributed by atoms with E-state index in [0.29, 0.717) is 0 Å². The molecule has 0 saturated heterocycles. The monoisotopic (exact) mass is 323 g/mol. The molecular formula is C16H21NO4S. The highest BCUT2D eigenvalue weighted by Gasteiger charge is 2.32. The molecule has 120 valence electrons. The lowest BCUT2D eigenvalue weighted by molar-refractivity contribution is -0.134. The molecule has 22 heavy (non-hydrogen) atoms. The molecule has 0 aliphatic carbocycles. The number of aliphatic carboxylic acids is 1. The number of carbonyl (C=O) groups excluding carboxylic acids is 1. The molecule has 6 heteroatoms. The number of fused-ring (bicyclic) bond motifs is 1. The van der Waals surface area contributed by atoms with Gasteiger partial charge in [-0.1, -0.05) is 6.07 Å². The van der Waals surface area contributed by atoms with Gasteiger partial charge in [0.25, 0.3) is 0 Å². The predicted octanol–water partition coefficient (Wildman–Crippen LogP) is 2.35. The lowest BCUT2D eigenvalue weighted by Gasteiger charge is -2.40. The Balaban J connectivity index is 2.13. The third kappa shape index (κ3) is 3.55. The summed E-state index contributed by atoms with van der Waals surface area (Å²) in [6.07, 6.45) is 0.784. The highest BCUT2D eigenvalue weighted by atomic mass is 32.2. The fourth-order valence-electron chi connectivity index (χ4n) is 3.00. The van der Waals surface area contributed by atoms with E-state index in [4.69, 9.17) is 9.84 Å². The minimum absolute atomic E-state index is 0.00674. The highest BCUT2D eigenvalue weighted by Crippen LogP contribution is 2.35. The van der Waals surface area contributed by atoms with Crippen LogP contribution in [0, 0.1) is 0 Å². The number of carboxylic acid groups (broad SMARTS) is 1. The molecule has 1 aliphatic rings. The van der Waals surface area contributed by atoms with Crippen LogP contribution in [-0.2, 0) is 16.0 Å². The van der Waals surface area contributed by atoms with Gasteiger partial charge in [-0.05, 0) is 43.5 Å². The molecule has 0 radical (unpaired) electrons. The smallest absolute Gasteiger partial charge is 0.313 e. The van der Waals surface area contributed by atoms with Crippen LogP contribution in [0.25, 0.3) is 0 Å². The maximum atomic E-state index is 12.4. The highest BCUT2D eigenvalue weighted by molar-refractivity contribution is 8.00. The number of nitrogens with zero attached hydrogens (tertiary/aromatic N) is 1. The Morgan fingerprint density at radius 2 is 2.09 bits per heavy atom. The first kappa shape index (κ1) is 16.7. The summed E-state index contributed by atoms with van der Waals surface area (Å²) in [5.41, 5.74) is 2.34. The number of rotatable bonds is 5. The van der Waals surface area contributed by atoms with Crippen LogP contribution in [0.2, 0.25) is 0 Å². The Morgan fingerprint density at radius 1 is 1.36 bits per heavy atom. The van der Waals surface area contributed by atoms with Crippen LogP contribution < -0.4 is 4.74 Å². The summed E-state index contributed by atoms with van der Waals surface area (Å²) in [6.45, 7) is 4.04. The quantitative estimate of drug-likeness (QED) is 0.901. The Kier molecular flexibility index (Phi) is 5.34. The van der Waals surface area contributed by atoms with Crippen molar-refractivity contribution in [3.05, 3.63) is 29.3 Å². The van der Waals surface area contributed by atoms with Crippen molar-refractivity contribution in [1.29, 1.82) is 0 Å². The molecule has 0 saturated carbocycles. The number of carbonyl (C=O) groups is 2. The van der Waals surface area contributed by atoms with Gasteiger partial charge in [-0.25, -0.2) is 0 Å². The Morgan fingerprint density at radius 3 is 2.73 bits per heavy atom. The van der Waals surface area contributed by atoms with Crippen LogP contribution in [0.4, 0.5) is 0 Å². The van der Waals surface area contributed by atoms with Gasteiger partial charge in [0.05, 0.1) is 24.7 Å². The van der Waals surface area contributed by atoms with Crippen molar-refractivity contribution in [1.82, 2.24) is 4.90 Å². The third-order valence-corrected chi connectivity index (χ3v) is 4.85. The molecule has 1 aromatic carbocycles. The van der Waals surface area contributed by atoms with Crippen molar-refractivity contribution in [2.24, 2.45) is 0 Å². The molecule has 2 atom stereocenters. The molecule has 1 amide bonds. The van der Waals surface area contributed by atoms with Gasteiger partial charge >= 0.3 is 5.97 Å². The first-order valence-corrected chi connectivity index (χ1v) is 8.37. The second-order valence-electron chi connectivity index (χ2n) is 5.48. The first-order valence-electron chi connectivity index (χ1n) is 7.21. The number of hydrogen-bond donors (Lipinski definition) is 1. The molecule has 0 spiro atoms. The Bertz CT molecular complexity index is 575. The maximum Gasteiger partial charge on any atom is 0.313 e. The summed E-state index contributed by atoms with van der Waals surface area (Å²) in [6, 6.07) is 6.03. The largest absolute Gasteiger partial charge is 0.497 e. The van der Waals surface area contributed by atoms with Gasteiger partial charge in [-0.2, -0.15) is 0 Å². The average Bonchev–Trinajstić information content (AvgIpc) is 2.46. The van der Waals surface area contributed by atoms with Crippen LogP contribution in [0.1, 0.15) is 31.0 Å². The lowest BCUT2D eigenvalue weighted by atomic mass is 9.89. The Hall–Kier alpha value is -1.69. The van der Waals surface area contributed by atoms with Crippen LogP contribution in [0.5, 0.6) is 5.75 Å². The van der Waals surface area contributed by atoms with Crippen molar-refractivity contribution < 1.29 is 19.4 Å². The van der Waals surface area contributed by atoms with E-state index in [9.17, 15) is 9.59 Å². The molecule has 5 nitrogen and oxygen atoms in total. The van der Waals surface area contributed by atoms with Crippen LogP contribution in [-0.4, -0.2) is 46.5 Å². The molecule has 0 fully saturated rings. The second-order valence-corrected chi connectivity index (χ2v) is 6.47. The normalized spacial score (nSPS) is 20.4. The molecule has 1 aliphatic heterocycles. The van der Waals surface area contributed by atoms with Gasteiger partial charge in [0.1, 0.15) is 5.75 Å². The fraction of sp³-hybridized carbons (Fsp3) is 0.500. The summed E-state index contributed by atoms with van der Waals surface area (Å²) < 4.78 is 5.26. The lowest BCUT2D eigenvalue weighted by Crippen LogP contribution is -2.45. The third-order valence-electron chi connectivity index (χ3n) is 3.95. The van der Waals surface area contributed by atoms with Gasteiger partial charge < -0.3 is 14.7 Å². The molecule has 1 heterocycles. The van der Waals surface area contributed by atoms with E-state index < -0.39 is 5.97 Å². The van der Waals surface area contributed by atoms with Crippen molar-refractivity contribution in [2.75, 3.05) is 18.6 Å². The topological polar surface area (TPSA) is 66.8 Å². The van der Waals surface area contributed by atoms with E-state index in [0.717, 1.165) is 29.5 Å². The first-order chi connectivity index (χ1) is 10.4. The predicted molar refractivity (Wildman–Crippen MR) is 86.4 cm³/mol. The van der Waals surface area contributed by atoms with E-state index in [-0.39, 0.29) is 29.5 Å². The van der Waals surface area contributed by atoms with Gasteiger partial charge in [-0.15, -0.1) is 11.8 Å². The van der Waals surface area contributed by atoms with Gasteiger partial charge in [0.2, 0.25) is 5.91 Å². The summed E-state index contributed by atoms with van der Waals surface area (Å²) in [4.78, 5) is 24.8. The minimum Gasteiger partial charge on any atom is -0.497 e. The van der Waals surface area contributed by atoms with Gasteiger partial charge in [0.15, 0.2) is 0 Å². The average molecular weight is 323 g/mol. The van der Waals surface area contributed by atoms with Crippen molar-refractivity contribution in [3.63, 3.8) is 0 Å². The SMILES string of the molecule is COc1ccc2c(c1)CC(C)N(C(=O)CSCC(=O)O)C2C. The number of ether oxygens (including phenoxy) is 1. The zero-order valence-corrected chi connectivity index (χ0v) is 13.9. The van der Waals surface area contributed by atoms with Crippen LogP contribution >= 0.6 is 11.8 Å². The number of hydrogen-bond acceptors (Lipinski definition) is 4. The number of methoxy groups -OCH3 is 1. The second kappa shape index (κ2) is 7.05.